The Morgan fingerprint density at radius 3 is 2.66 bits per heavy atom. The van der Waals surface area contributed by atoms with Crippen LogP contribution in [0.3, 0.4) is 0 Å². The average Bonchev–Trinajstić information content (AvgIpc) is 3.32. The van der Waals surface area contributed by atoms with Crippen LogP contribution < -0.4 is 5.32 Å². The van der Waals surface area contributed by atoms with E-state index in [-0.39, 0.29) is 11.7 Å². The number of amides is 1. The minimum absolute atomic E-state index is 0.236. The Morgan fingerprint density at radius 1 is 0.931 bits per heavy atom. The predicted molar refractivity (Wildman–Crippen MR) is 114 cm³/mol. The Labute approximate surface area is 174 Å². The number of benzene rings is 3. The van der Waals surface area contributed by atoms with Crippen molar-refractivity contribution in [2.75, 3.05) is 5.32 Å². The highest BCUT2D eigenvalue weighted by molar-refractivity contribution is 6.38. The molecule has 0 unspecified atom stereocenters. The first-order chi connectivity index (χ1) is 14.1. The second-order valence-corrected chi connectivity index (χ2v) is 7.28. The number of nitrogens with one attached hydrogen (secondary N) is 1. The molecule has 0 aliphatic carbocycles. The summed E-state index contributed by atoms with van der Waals surface area (Å²) in [6.45, 7) is 0. The number of para-hydroxylation sites is 1. The summed E-state index contributed by atoms with van der Waals surface area (Å²) in [6.07, 6.45) is 0. The smallest absolute Gasteiger partial charge is 0.291 e. The highest BCUT2D eigenvalue weighted by Gasteiger charge is 2.15. The molecule has 0 bridgehead atoms. The van der Waals surface area contributed by atoms with Gasteiger partial charge in [-0.1, -0.05) is 47.5 Å². The molecule has 0 spiro atoms. The van der Waals surface area contributed by atoms with Gasteiger partial charge in [-0.2, -0.15) is 0 Å². The summed E-state index contributed by atoms with van der Waals surface area (Å²) in [7, 11) is 0. The molecule has 0 aliphatic rings. The number of halogens is 2. The van der Waals surface area contributed by atoms with Gasteiger partial charge in [-0.05, 0) is 42.5 Å². The molecule has 0 saturated carbocycles. The Hall–Kier alpha value is -3.28. The third kappa shape index (κ3) is 3.35. The molecule has 0 saturated heterocycles. The van der Waals surface area contributed by atoms with Crippen molar-refractivity contribution in [1.82, 2.24) is 4.98 Å². The molecule has 1 N–H and O–H groups in total. The fraction of sp³-hybridized carbons (Fsp3) is 0. The van der Waals surface area contributed by atoms with Crippen LogP contribution in [0, 0.1) is 0 Å². The van der Waals surface area contributed by atoms with Crippen molar-refractivity contribution in [3.8, 4) is 11.5 Å². The third-order valence-corrected chi connectivity index (χ3v) is 4.93. The topological polar surface area (TPSA) is 68.3 Å². The SMILES string of the molecule is O=C(Nc1cccc(-c2nc3cc(Cl)cc(Cl)c3o2)c1)c1cc2ccccc2o1. The second kappa shape index (κ2) is 6.95. The van der Waals surface area contributed by atoms with Gasteiger partial charge in [0.25, 0.3) is 5.91 Å². The van der Waals surface area contributed by atoms with E-state index in [9.17, 15) is 4.79 Å². The van der Waals surface area contributed by atoms with Crippen molar-refractivity contribution in [2.45, 2.75) is 0 Å². The number of hydrogen-bond acceptors (Lipinski definition) is 4. The summed E-state index contributed by atoms with van der Waals surface area (Å²) in [5.74, 6) is 0.273. The van der Waals surface area contributed by atoms with Crippen LogP contribution in [-0.2, 0) is 0 Å². The van der Waals surface area contributed by atoms with E-state index in [2.05, 4.69) is 10.3 Å². The zero-order valence-corrected chi connectivity index (χ0v) is 16.3. The predicted octanol–water partition coefficient (Wildman–Crippen LogP) is 6.80. The Morgan fingerprint density at radius 2 is 1.79 bits per heavy atom. The van der Waals surface area contributed by atoms with Gasteiger partial charge in [-0.25, -0.2) is 4.98 Å². The number of hydrogen-bond donors (Lipinski definition) is 1. The minimum Gasteiger partial charge on any atom is -0.451 e. The first kappa shape index (κ1) is 17.8. The number of oxazole rings is 1. The summed E-state index contributed by atoms with van der Waals surface area (Å²) < 4.78 is 11.4. The minimum atomic E-state index is -0.342. The van der Waals surface area contributed by atoms with Gasteiger partial charge in [0.2, 0.25) is 5.89 Å². The first-order valence-corrected chi connectivity index (χ1v) is 9.48. The Bertz CT molecular complexity index is 1350. The van der Waals surface area contributed by atoms with E-state index in [1.54, 1.807) is 36.4 Å². The van der Waals surface area contributed by atoms with Crippen LogP contribution in [0.2, 0.25) is 10.0 Å². The maximum absolute atomic E-state index is 12.6. The fourth-order valence-electron chi connectivity index (χ4n) is 3.10. The number of carbonyl (C=O) groups is 1. The van der Waals surface area contributed by atoms with E-state index in [4.69, 9.17) is 32.0 Å². The molecule has 0 radical (unpaired) electrons. The van der Waals surface area contributed by atoms with Gasteiger partial charge in [0, 0.05) is 21.7 Å². The largest absolute Gasteiger partial charge is 0.451 e. The van der Waals surface area contributed by atoms with Gasteiger partial charge in [-0.15, -0.1) is 0 Å². The van der Waals surface area contributed by atoms with E-state index in [0.717, 1.165) is 5.39 Å². The summed E-state index contributed by atoms with van der Waals surface area (Å²) in [6, 6.07) is 19.6. The number of anilines is 1. The van der Waals surface area contributed by atoms with Crippen LogP contribution in [0.4, 0.5) is 5.69 Å². The number of rotatable bonds is 3. The molecular formula is C22H12Cl2N2O3. The number of fused-ring (bicyclic) bond motifs is 2. The molecule has 2 heterocycles. The molecule has 5 nitrogen and oxygen atoms in total. The molecule has 0 aliphatic heterocycles. The van der Waals surface area contributed by atoms with Crippen LogP contribution in [0.25, 0.3) is 33.5 Å². The van der Waals surface area contributed by atoms with Crippen molar-refractivity contribution in [2.24, 2.45) is 0 Å². The van der Waals surface area contributed by atoms with Gasteiger partial charge in [0.05, 0.1) is 5.02 Å². The van der Waals surface area contributed by atoms with E-state index >= 15 is 0 Å². The van der Waals surface area contributed by atoms with Gasteiger partial charge in [0.15, 0.2) is 11.3 Å². The lowest BCUT2D eigenvalue weighted by atomic mass is 10.2. The Kier molecular flexibility index (Phi) is 4.27. The molecule has 5 aromatic rings. The number of carbonyl (C=O) groups excluding carboxylic acids is 1. The molecule has 0 atom stereocenters. The quantitative estimate of drug-likeness (QED) is 0.347. The molecule has 5 rings (SSSR count). The van der Waals surface area contributed by atoms with Crippen LogP contribution in [0.1, 0.15) is 10.6 Å². The molecule has 1 amide bonds. The zero-order chi connectivity index (χ0) is 20.0. The van der Waals surface area contributed by atoms with Crippen molar-refractivity contribution in [1.29, 1.82) is 0 Å². The van der Waals surface area contributed by atoms with E-state index in [0.29, 0.717) is 43.9 Å². The monoisotopic (exact) mass is 422 g/mol. The molecule has 29 heavy (non-hydrogen) atoms. The van der Waals surface area contributed by atoms with Crippen molar-refractivity contribution < 1.29 is 13.6 Å². The maximum atomic E-state index is 12.6. The highest BCUT2D eigenvalue weighted by atomic mass is 35.5. The van der Waals surface area contributed by atoms with Crippen LogP contribution in [0.15, 0.2) is 75.6 Å². The maximum Gasteiger partial charge on any atom is 0.291 e. The van der Waals surface area contributed by atoms with Crippen molar-refractivity contribution in [3.05, 3.63) is 82.5 Å². The molecule has 2 aromatic heterocycles. The summed E-state index contributed by atoms with van der Waals surface area (Å²) >= 11 is 12.2. The lowest BCUT2D eigenvalue weighted by molar-refractivity contribution is 0.0998. The van der Waals surface area contributed by atoms with Crippen molar-refractivity contribution >= 4 is 56.9 Å². The van der Waals surface area contributed by atoms with Crippen molar-refractivity contribution in [3.63, 3.8) is 0 Å². The lowest BCUT2D eigenvalue weighted by Crippen LogP contribution is -2.10. The van der Waals surface area contributed by atoms with Crippen LogP contribution >= 0.6 is 23.2 Å². The molecular weight excluding hydrogens is 411 g/mol. The second-order valence-electron chi connectivity index (χ2n) is 6.44. The zero-order valence-electron chi connectivity index (χ0n) is 14.8. The fourth-order valence-corrected chi connectivity index (χ4v) is 3.62. The van der Waals surface area contributed by atoms with Gasteiger partial charge >= 0.3 is 0 Å². The normalized spacial score (nSPS) is 11.2. The first-order valence-electron chi connectivity index (χ1n) is 8.73. The average molecular weight is 423 g/mol. The standard InChI is InChI=1S/C22H12Cl2N2O3/c23-14-10-16(24)20-17(11-14)26-22(29-20)13-5-3-6-15(8-13)25-21(27)19-9-12-4-1-2-7-18(12)28-19/h1-11H,(H,25,27). The third-order valence-electron chi connectivity index (χ3n) is 4.43. The summed E-state index contributed by atoms with van der Waals surface area (Å²) in [5, 5.41) is 4.57. The molecule has 7 heteroatoms. The van der Waals surface area contributed by atoms with E-state index < -0.39 is 0 Å². The van der Waals surface area contributed by atoms with E-state index in [1.807, 2.05) is 30.3 Å². The van der Waals surface area contributed by atoms with Crippen LogP contribution in [-0.4, -0.2) is 10.9 Å². The lowest BCUT2D eigenvalue weighted by Gasteiger charge is -2.04. The van der Waals surface area contributed by atoms with Gasteiger partial charge in [0.1, 0.15) is 11.1 Å². The van der Waals surface area contributed by atoms with E-state index in [1.165, 1.54) is 0 Å². The van der Waals surface area contributed by atoms with Gasteiger partial charge in [-0.3, -0.25) is 4.79 Å². The Balaban J connectivity index is 1.45. The van der Waals surface area contributed by atoms with Gasteiger partial charge < -0.3 is 14.2 Å². The molecule has 3 aromatic carbocycles. The summed E-state index contributed by atoms with van der Waals surface area (Å²) in [4.78, 5) is 17.0. The summed E-state index contributed by atoms with van der Waals surface area (Å²) in [5.41, 5.74) is 2.96. The molecule has 0 fully saturated rings. The number of furan rings is 1. The highest BCUT2D eigenvalue weighted by Crippen LogP contribution is 2.32. The molecule has 142 valence electrons. The van der Waals surface area contributed by atoms with Crippen LogP contribution in [0.5, 0.6) is 0 Å². The number of aromatic nitrogens is 1. The number of nitrogens with zero attached hydrogens (tertiary/aromatic N) is 1.